The number of carbonyl (C=O) groups excluding carboxylic acids is 1. The quantitative estimate of drug-likeness (QED) is 0.351. The minimum atomic E-state index is -0.737. The van der Waals surface area contributed by atoms with Crippen molar-refractivity contribution in [1.82, 2.24) is 24.6 Å². The number of benzene rings is 1. The molecule has 158 valence electrons. The van der Waals surface area contributed by atoms with Gasteiger partial charge in [-0.05, 0) is 23.8 Å². The normalized spacial score (nSPS) is 11.0. The van der Waals surface area contributed by atoms with Gasteiger partial charge in [-0.25, -0.2) is 14.1 Å². The third-order valence-corrected chi connectivity index (χ3v) is 4.47. The third kappa shape index (κ3) is 4.17. The minimum Gasteiger partial charge on any atom is -0.395 e. The van der Waals surface area contributed by atoms with E-state index in [1.165, 1.54) is 40.0 Å². The number of nitro groups is 1. The lowest BCUT2D eigenvalue weighted by atomic mass is 10.2. The van der Waals surface area contributed by atoms with Crippen LogP contribution in [0.15, 0.2) is 58.1 Å². The summed E-state index contributed by atoms with van der Waals surface area (Å²) in [6.45, 7) is 0.493. The molecule has 1 aromatic carbocycles. The topological polar surface area (TPSA) is 138 Å². The zero-order chi connectivity index (χ0) is 22.0. The molecule has 0 saturated heterocycles. The van der Waals surface area contributed by atoms with E-state index in [1.807, 2.05) is 0 Å². The Labute approximate surface area is 172 Å². The van der Waals surface area contributed by atoms with Crippen LogP contribution < -0.4 is 10.9 Å². The lowest BCUT2D eigenvalue weighted by Gasteiger charge is -2.07. The van der Waals surface area contributed by atoms with Crippen LogP contribution in [0.1, 0.15) is 16.1 Å². The van der Waals surface area contributed by atoms with Crippen LogP contribution in [0.4, 0.5) is 10.3 Å². The van der Waals surface area contributed by atoms with E-state index >= 15 is 0 Å². The number of amides is 1. The van der Waals surface area contributed by atoms with Crippen molar-refractivity contribution in [3.8, 4) is 0 Å². The standard InChI is InChI=1S/C19H15FN6O5/c20-13-3-1-2-12(8-13)10-24-11-22-17-14(19(24)28)9-23-25(17)7-6-21-18(27)15-4-5-16(31-15)26(29)30/h1-5,8-9,11H,6-7,10H2,(H,21,27). The smallest absolute Gasteiger partial charge is 0.395 e. The van der Waals surface area contributed by atoms with Crippen molar-refractivity contribution in [3.05, 3.63) is 86.5 Å². The fraction of sp³-hybridized carbons (Fsp3) is 0.158. The molecule has 0 bridgehead atoms. The summed E-state index contributed by atoms with van der Waals surface area (Å²) in [5.74, 6) is -1.72. The molecular formula is C19H15FN6O5. The maximum atomic E-state index is 13.4. The summed E-state index contributed by atoms with van der Waals surface area (Å²) in [4.78, 5) is 38.9. The van der Waals surface area contributed by atoms with E-state index in [9.17, 15) is 24.1 Å². The van der Waals surface area contributed by atoms with Gasteiger partial charge in [0.1, 0.15) is 22.5 Å². The molecule has 1 N–H and O–H groups in total. The Bertz CT molecular complexity index is 1340. The predicted molar refractivity (Wildman–Crippen MR) is 105 cm³/mol. The Morgan fingerprint density at radius 2 is 2.13 bits per heavy atom. The first-order chi connectivity index (χ1) is 14.9. The molecule has 4 rings (SSSR count). The van der Waals surface area contributed by atoms with Crippen LogP contribution in [0.2, 0.25) is 0 Å². The Kier molecular flexibility index (Phi) is 5.26. The molecule has 0 aliphatic heterocycles. The van der Waals surface area contributed by atoms with Crippen LogP contribution in [0.5, 0.6) is 0 Å². The van der Waals surface area contributed by atoms with E-state index < -0.39 is 22.5 Å². The summed E-state index contributed by atoms with van der Waals surface area (Å²) in [6, 6.07) is 8.24. The van der Waals surface area contributed by atoms with Crippen molar-refractivity contribution in [2.24, 2.45) is 0 Å². The Balaban J connectivity index is 1.44. The van der Waals surface area contributed by atoms with Gasteiger partial charge in [0.25, 0.3) is 11.5 Å². The molecule has 11 nitrogen and oxygen atoms in total. The first-order valence-corrected chi connectivity index (χ1v) is 9.10. The first-order valence-electron chi connectivity index (χ1n) is 9.10. The highest BCUT2D eigenvalue weighted by Gasteiger charge is 2.17. The maximum absolute atomic E-state index is 13.4. The van der Waals surface area contributed by atoms with E-state index in [0.717, 1.165) is 6.07 Å². The molecule has 4 aromatic rings. The molecule has 0 spiro atoms. The molecule has 0 unspecified atom stereocenters. The number of carbonyl (C=O) groups is 1. The molecule has 0 aliphatic carbocycles. The van der Waals surface area contributed by atoms with E-state index in [-0.39, 0.29) is 36.3 Å². The van der Waals surface area contributed by atoms with Crippen molar-refractivity contribution in [2.45, 2.75) is 13.1 Å². The van der Waals surface area contributed by atoms with Crippen molar-refractivity contribution >= 4 is 22.8 Å². The number of rotatable bonds is 7. The summed E-state index contributed by atoms with van der Waals surface area (Å²) in [5.41, 5.74) is 0.632. The van der Waals surface area contributed by atoms with E-state index in [1.54, 1.807) is 12.1 Å². The van der Waals surface area contributed by atoms with Gasteiger partial charge in [0.15, 0.2) is 11.4 Å². The molecule has 1 amide bonds. The first kappa shape index (κ1) is 19.9. The molecule has 0 atom stereocenters. The predicted octanol–water partition coefficient (Wildman–Crippen LogP) is 1.71. The average Bonchev–Trinajstić information content (AvgIpc) is 3.38. The second kappa shape index (κ2) is 8.18. The van der Waals surface area contributed by atoms with Gasteiger partial charge >= 0.3 is 5.88 Å². The number of hydrogen-bond acceptors (Lipinski definition) is 7. The molecule has 12 heteroatoms. The van der Waals surface area contributed by atoms with Gasteiger partial charge < -0.3 is 9.73 Å². The third-order valence-electron chi connectivity index (χ3n) is 4.47. The van der Waals surface area contributed by atoms with Gasteiger partial charge in [0.05, 0.1) is 25.4 Å². The number of nitrogens with zero attached hydrogens (tertiary/aromatic N) is 5. The van der Waals surface area contributed by atoms with Crippen molar-refractivity contribution in [1.29, 1.82) is 0 Å². The Morgan fingerprint density at radius 3 is 2.87 bits per heavy atom. The van der Waals surface area contributed by atoms with E-state index in [2.05, 4.69) is 15.4 Å². The van der Waals surface area contributed by atoms with Gasteiger partial charge in [-0.2, -0.15) is 5.10 Å². The molecular weight excluding hydrogens is 411 g/mol. The van der Waals surface area contributed by atoms with Crippen molar-refractivity contribution < 1.29 is 18.5 Å². The number of nitrogens with one attached hydrogen (secondary N) is 1. The van der Waals surface area contributed by atoms with Gasteiger partial charge in [-0.3, -0.25) is 24.3 Å². The molecule has 3 aromatic heterocycles. The zero-order valence-electron chi connectivity index (χ0n) is 15.9. The lowest BCUT2D eigenvalue weighted by Crippen LogP contribution is -2.27. The van der Waals surface area contributed by atoms with Crippen LogP contribution in [0.25, 0.3) is 11.0 Å². The fourth-order valence-electron chi connectivity index (χ4n) is 3.02. The van der Waals surface area contributed by atoms with Crippen molar-refractivity contribution in [2.75, 3.05) is 6.54 Å². The number of hydrogen-bond donors (Lipinski definition) is 1. The Hall–Kier alpha value is -4.35. The van der Waals surface area contributed by atoms with Crippen LogP contribution in [-0.4, -0.2) is 36.7 Å². The second-order valence-corrected chi connectivity index (χ2v) is 6.56. The molecule has 0 radical (unpaired) electrons. The number of furan rings is 1. The molecule has 0 saturated carbocycles. The van der Waals surface area contributed by atoms with Gasteiger partial charge in [-0.15, -0.1) is 0 Å². The highest BCUT2D eigenvalue weighted by molar-refractivity contribution is 5.91. The molecule has 3 heterocycles. The van der Waals surface area contributed by atoms with Crippen LogP contribution in [0, 0.1) is 15.9 Å². The average molecular weight is 426 g/mol. The highest BCUT2D eigenvalue weighted by atomic mass is 19.1. The van der Waals surface area contributed by atoms with Gasteiger partial charge in [0.2, 0.25) is 0 Å². The number of aromatic nitrogens is 4. The highest BCUT2D eigenvalue weighted by Crippen LogP contribution is 2.15. The largest absolute Gasteiger partial charge is 0.433 e. The molecule has 31 heavy (non-hydrogen) atoms. The van der Waals surface area contributed by atoms with Gasteiger partial charge in [0, 0.05) is 6.54 Å². The van der Waals surface area contributed by atoms with Crippen molar-refractivity contribution in [3.63, 3.8) is 0 Å². The maximum Gasteiger partial charge on any atom is 0.433 e. The lowest BCUT2D eigenvalue weighted by molar-refractivity contribution is -0.402. The minimum absolute atomic E-state index is 0.123. The van der Waals surface area contributed by atoms with E-state index in [4.69, 9.17) is 4.42 Å². The summed E-state index contributed by atoms with van der Waals surface area (Å²) in [7, 11) is 0. The summed E-state index contributed by atoms with van der Waals surface area (Å²) in [6.07, 6.45) is 2.73. The summed E-state index contributed by atoms with van der Waals surface area (Å²) in [5, 5.41) is 17.6. The van der Waals surface area contributed by atoms with Crippen LogP contribution >= 0.6 is 0 Å². The van der Waals surface area contributed by atoms with Crippen LogP contribution in [0.3, 0.4) is 0 Å². The number of fused-ring (bicyclic) bond motifs is 1. The molecule has 0 fully saturated rings. The summed E-state index contributed by atoms with van der Waals surface area (Å²) >= 11 is 0. The SMILES string of the molecule is O=C(NCCn1ncc2c(=O)n(Cc3cccc(F)c3)cnc21)c1ccc([N+](=O)[O-])o1. The fourth-order valence-corrected chi connectivity index (χ4v) is 3.02. The van der Waals surface area contributed by atoms with E-state index in [0.29, 0.717) is 11.2 Å². The zero-order valence-corrected chi connectivity index (χ0v) is 15.9. The van der Waals surface area contributed by atoms with Gasteiger partial charge in [-0.1, -0.05) is 12.1 Å². The monoisotopic (exact) mass is 426 g/mol. The van der Waals surface area contributed by atoms with Crippen LogP contribution in [-0.2, 0) is 13.1 Å². The second-order valence-electron chi connectivity index (χ2n) is 6.56. The Morgan fingerprint density at radius 1 is 1.29 bits per heavy atom. The summed E-state index contributed by atoms with van der Waals surface area (Å²) < 4.78 is 21.0. The number of halogens is 1. The molecule has 0 aliphatic rings.